The second-order valence-corrected chi connectivity index (χ2v) is 4.93. The molecule has 1 heterocycles. The molecular weight excluding hydrogens is 210 g/mol. The minimum atomic E-state index is -0.776. The molecule has 16 heavy (non-hydrogen) atoms. The molecule has 0 saturated carbocycles. The molecule has 0 amide bonds. The fraction of sp³-hybridized carbons (Fsp3) is 0.909. The number of carboxylic acid groups (broad SMARTS) is 1. The standard InChI is InChI=1S/C11H21NO4/c1-11(2,10(13)14)7-12-5-8(15-3)9(6-12)16-4/h8-9H,5-7H2,1-4H3,(H,13,14). The summed E-state index contributed by atoms with van der Waals surface area (Å²) >= 11 is 0. The van der Waals surface area contributed by atoms with Crippen LogP contribution in [0.25, 0.3) is 0 Å². The molecule has 0 radical (unpaired) electrons. The van der Waals surface area contributed by atoms with Gasteiger partial charge in [-0.2, -0.15) is 0 Å². The van der Waals surface area contributed by atoms with Gasteiger partial charge < -0.3 is 14.6 Å². The third kappa shape index (κ3) is 2.93. The minimum absolute atomic E-state index is 0.0367. The zero-order valence-electron chi connectivity index (χ0n) is 10.4. The van der Waals surface area contributed by atoms with Crippen molar-refractivity contribution in [2.24, 2.45) is 5.41 Å². The van der Waals surface area contributed by atoms with Crippen LogP contribution in [0.1, 0.15) is 13.8 Å². The number of rotatable bonds is 5. The molecule has 5 heteroatoms. The highest BCUT2D eigenvalue weighted by Gasteiger charge is 2.37. The van der Waals surface area contributed by atoms with E-state index < -0.39 is 11.4 Å². The van der Waals surface area contributed by atoms with Crippen LogP contribution in [0.5, 0.6) is 0 Å². The average Bonchev–Trinajstić information content (AvgIpc) is 2.59. The minimum Gasteiger partial charge on any atom is -0.481 e. The van der Waals surface area contributed by atoms with E-state index in [-0.39, 0.29) is 12.2 Å². The molecule has 1 fully saturated rings. The van der Waals surface area contributed by atoms with E-state index in [9.17, 15) is 4.79 Å². The van der Waals surface area contributed by atoms with Crippen molar-refractivity contribution < 1.29 is 19.4 Å². The van der Waals surface area contributed by atoms with E-state index in [0.717, 1.165) is 13.1 Å². The summed E-state index contributed by atoms with van der Waals surface area (Å²) in [4.78, 5) is 13.1. The summed E-state index contributed by atoms with van der Waals surface area (Å²) in [5, 5.41) is 9.06. The van der Waals surface area contributed by atoms with Gasteiger partial charge in [0.2, 0.25) is 0 Å². The SMILES string of the molecule is COC1CN(CC(C)(C)C(=O)O)CC1OC. The summed E-state index contributed by atoms with van der Waals surface area (Å²) in [5.74, 6) is -0.776. The molecule has 2 atom stereocenters. The Hall–Kier alpha value is -0.650. The summed E-state index contributed by atoms with van der Waals surface area (Å²) in [6.45, 7) is 5.44. The third-order valence-corrected chi connectivity index (χ3v) is 3.09. The van der Waals surface area contributed by atoms with Gasteiger partial charge in [0, 0.05) is 33.9 Å². The first kappa shape index (κ1) is 13.4. The summed E-state index contributed by atoms with van der Waals surface area (Å²) in [7, 11) is 3.31. The summed E-state index contributed by atoms with van der Waals surface area (Å²) in [5.41, 5.74) is -0.735. The molecule has 0 aromatic rings. The molecule has 1 saturated heterocycles. The number of likely N-dealkylation sites (tertiary alicyclic amines) is 1. The number of nitrogens with zero attached hydrogens (tertiary/aromatic N) is 1. The number of methoxy groups -OCH3 is 2. The van der Waals surface area contributed by atoms with Crippen molar-refractivity contribution in [1.82, 2.24) is 4.90 Å². The van der Waals surface area contributed by atoms with E-state index >= 15 is 0 Å². The van der Waals surface area contributed by atoms with Crippen molar-refractivity contribution in [2.45, 2.75) is 26.1 Å². The number of carbonyl (C=O) groups is 1. The second-order valence-electron chi connectivity index (χ2n) is 4.93. The van der Waals surface area contributed by atoms with Crippen molar-refractivity contribution in [1.29, 1.82) is 0 Å². The van der Waals surface area contributed by atoms with Crippen LogP contribution in [0.2, 0.25) is 0 Å². The first-order chi connectivity index (χ1) is 7.40. The molecule has 0 bridgehead atoms. The molecule has 1 aliphatic rings. The number of aliphatic carboxylic acids is 1. The molecule has 0 aromatic carbocycles. The molecule has 1 rings (SSSR count). The Morgan fingerprint density at radius 3 is 2.06 bits per heavy atom. The van der Waals surface area contributed by atoms with Crippen LogP contribution in [0.4, 0.5) is 0 Å². The molecule has 1 aliphatic heterocycles. The fourth-order valence-electron chi connectivity index (χ4n) is 2.03. The van der Waals surface area contributed by atoms with Crippen LogP contribution in [-0.2, 0) is 14.3 Å². The molecule has 0 aromatic heterocycles. The number of ether oxygens (including phenoxy) is 2. The van der Waals surface area contributed by atoms with Crippen molar-refractivity contribution in [3.63, 3.8) is 0 Å². The Labute approximate surface area is 96.3 Å². The molecule has 5 nitrogen and oxygen atoms in total. The third-order valence-electron chi connectivity index (χ3n) is 3.09. The molecule has 0 aliphatic carbocycles. The van der Waals surface area contributed by atoms with Gasteiger partial charge in [0.1, 0.15) is 0 Å². The predicted octanol–water partition coefficient (Wildman–Crippen LogP) is 0.443. The Morgan fingerprint density at radius 1 is 1.31 bits per heavy atom. The van der Waals surface area contributed by atoms with Gasteiger partial charge in [-0.15, -0.1) is 0 Å². The van der Waals surface area contributed by atoms with Crippen molar-refractivity contribution in [3.8, 4) is 0 Å². The van der Waals surface area contributed by atoms with Crippen LogP contribution >= 0.6 is 0 Å². The first-order valence-corrected chi connectivity index (χ1v) is 5.42. The van der Waals surface area contributed by atoms with E-state index in [4.69, 9.17) is 14.6 Å². The van der Waals surface area contributed by atoms with E-state index in [1.165, 1.54) is 0 Å². The Kier molecular flexibility index (Phi) is 4.29. The normalized spacial score (nSPS) is 27.2. The molecular formula is C11H21NO4. The van der Waals surface area contributed by atoms with Crippen molar-refractivity contribution in [2.75, 3.05) is 33.9 Å². The van der Waals surface area contributed by atoms with Crippen LogP contribution in [0.3, 0.4) is 0 Å². The van der Waals surface area contributed by atoms with Gasteiger partial charge in [-0.05, 0) is 13.8 Å². The van der Waals surface area contributed by atoms with Gasteiger partial charge in [-0.3, -0.25) is 9.69 Å². The maximum absolute atomic E-state index is 11.0. The topological polar surface area (TPSA) is 59.0 Å². The lowest BCUT2D eigenvalue weighted by Crippen LogP contribution is -2.38. The maximum atomic E-state index is 11.0. The summed E-state index contributed by atoms with van der Waals surface area (Å²) in [6, 6.07) is 0. The first-order valence-electron chi connectivity index (χ1n) is 5.42. The number of hydrogen-bond acceptors (Lipinski definition) is 4. The lowest BCUT2D eigenvalue weighted by Gasteiger charge is -2.25. The highest BCUT2D eigenvalue weighted by atomic mass is 16.5. The van der Waals surface area contributed by atoms with Crippen LogP contribution < -0.4 is 0 Å². The highest BCUT2D eigenvalue weighted by Crippen LogP contribution is 2.22. The Bertz CT molecular complexity index is 242. The summed E-state index contributed by atoms with van der Waals surface area (Å²) in [6.07, 6.45) is 0.0733. The lowest BCUT2D eigenvalue weighted by atomic mass is 9.93. The molecule has 0 spiro atoms. The van der Waals surface area contributed by atoms with Gasteiger partial charge in [-0.25, -0.2) is 0 Å². The smallest absolute Gasteiger partial charge is 0.310 e. The highest BCUT2D eigenvalue weighted by molar-refractivity contribution is 5.73. The number of carboxylic acids is 1. The second kappa shape index (κ2) is 5.12. The van der Waals surface area contributed by atoms with Crippen molar-refractivity contribution >= 4 is 5.97 Å². The van der Waals surface area contributed by atoms with Crippen LogP contribution in [0.15, 0.2) is 0 Å². The van der Waals surface area contributed by atoms with Gasteiger partial charge in [-0.1, -0.05) is 0 Å². The zero-order valence-corrected chi connectivity index (χ0v) is 10.4. The molecule has 94 valence electrons. The summed E-state index contributed by atoms with van der Waals surface area (Å²) < 4.78 is 10.6. The monoisotopic (exact) mass is 231 g/mol. The van der Waals surface area contributed by atoms with Gasteiger partial charge in [0.15, 0.2) is 0 Å². The largest absolute Gasteiger partial charge is 0.481 e. The quantitative estimate of drug-likeness (QED) is 0.744. The van der Waals surface area contributed by atoms with Gasteiger partial charge in [0.25, 0.3) is 0 Å². The number of hydrogen-bond donors (Lipinski definition) is 1. The van der Waals surface area contributed by atoms with Crippen molar-refractivity contribution in [3.05, 3.63) is 0 Å². The molecule has 2 unspecified atom stereocenters. The van der Waals surface area contributed by atoms with E-state index in [2.05, 4.69) is 4.90 Å². The Balaban J connectivity index is 2.55. The van der Waals surface area contributed by atoms with Gasteiger partial charge >= 0.3 is 5.97 Å². The predicted molar refractivity (Wildman–Crippen MR) is 59.5 cm³/mol. The van der Waals surface area contributed by atoms with Crippen LogP contribution in [0, 0.1) is 5.41 Å². The van der Waals surface area contributed by atoms with E-state index in [1.54, 1.807) is 28.1 Å². The zero-order chi connectivity index (χ0) is 12.3. The van der Waals surface area contributed by atoms with Gasteiger partial charge in [0.05, 0.1) is 17.6 Å². The maximum Gasteiger partial charge on any atom is 0.310 e. The van der Waals surface area contributed by atoms with Crippen LogP contribution in [-0.4, -0.2) is 62.0 Å². The molecule has 1 N–H and O–H groups in total. The lowest BCUT2D eigenvalue weighted by molar-refractivity contribution is -0.147. The fourth-order valence-corrected chi connectivity index (χ4v) is 2.03. The Morgan fingerprint density at radius 2 is 1.75 bits per heavy atom. The average molecular weight is 231 g/mol. The van der Waals surface area contributed by atoms with E-state index in [1.807, 2.05) is 0 Å². The van der Waals surface area contributed by atoms with E-state index in [0.29, 0.717) is 6.54 Å².